The fourth-order valence-electron chi connectivity index (χ4n) is 4.41. The largest absolute Gasteiger partial charge is 0.491 e. The number of carbonyl (C=O) groups is 1. The number of amides is 1. The first kappa shape index (κ1) is 24.7. The molecule has 1 amide bonds. The Labute approximate surface area is 197 Å². The minimum atomic E-state index is -0.872. The quantitative estimate of drug-likeness (QED) is 0.590. The Bertz CT molecular complexity index is 918. The van der Waals surface area contributed by atoms with Crippen molar-refractivity contribution in [3.05, 3.63) is 51.2 Å². The maximum atomic E-state index is 13.5. The summed E-state index contributed by atoms with van der Waals surface area (Å²) >= 11 is 1.76. The average Bonchev–Trinajstić information content (AvgIpc) is 3.20. The molecule has 0 radical (unpaired) electrons. The summed E-state index contributed by atoms with van der Waals surface area (Å²) in [7, 11) is 0. The Morgan fingerprint density at radius 2 is 2.09 bits per heavy atom. The summed E-state index contributed by atoms with van der Waals surface area (Å²) in [6.45, 7) is 14.1. The van der Waals surface area contributed by atoms with Crippen LogP contribution in [-0.4, -0.2) is 58.7 Å². The van der Waals surface area contributed by atoms with Crippen LogP contribution in [0.2, 0.25) is 0 Å². The Kier molecular flexibility index (Phi) is 8.01. The third kappa shape index (κ3) is 5.72. The normalized spacial score (nSPS) is 17.4. The maximum absolute atomic E-state index is 13.5. The van der Waals surface area contributed by atoms with Gasteiger partial charge in [0, 0.05) is 17.5 Å². The van der Waals surface area contributed by atoms with Gasteiger partial charge in [-0.05, 0) is 82.6 Å². The molecule has 1 N–H and O–H groups in total. The van der Waals surface area contributed by atoms with Gasteiger partial charge in [0.25, 0.3) is 0 Å². The van der Waals surface area contributed by atoms with E-state index in [1.54, 1.807) is 11.3 Å². The van der Waals surface area contributed by atoms with E-state index >= 15 is 0 Å². The number of hydrogen-bond donors (Lipinski definition) is 1. The number of aryl methyl sites for hydroxylation is 2. The molecule has 5 nitrogen and oxygen atoms in total. The summed E-state index contributed by atoms with van der Waals surface area (Å²) in [5, 5.41) is 12.6. The van der Waals surface area contributed by atoms with Crippen LogP contribution in [0.4, 0.5) is 0 Å². The molecule has 0 fully saturated rings. The predicted octanol–water partition coefficient (Wildman–Crippen LogP) is 4.74. The molecule has 0 saturated heterocycles. The molecule has 6 heteroatoms. The number of thiophene rings is 1. The summed E-state index contributed by atoms with van der Waals surface area (Å²) < 4.78 is 6.25. The summed E-state index contributed by atoms with van der Waals surface area (Å²) in [5.41, 5.74) is 2.65. The summed E-state index contributed by atoms with van der Waals surface area (Å²) in [6, 6.07) is 8.12. The van der Waals surface area contributed by atoms with Gasteiger partial charge in [-0.25, -0.2) is 0 Å². The molecular formula is C26H38N2O3S. The first-order valence-electron chi connectivity index (χ1n) is 11.6. The van der Waals surface area contributed by atoms with E-state index in [4.69, 9.17) is 4.74 Å². The highest BCUT2D eigenvalue weighted by atomic mass is 32.1. The Hall–Kier alpha value is -1.89. The molecule has 0 aliphatic carbocycles. The van der Waals surface area contributed by atoms with Gasteiger partial charge in [-0.15, -0.1) is 11.3 Å². The standard InChI is InChI=1S/C26H38N2O3S/c1-7-12-27(20(4)26(5,6)30)16-25(29)28-13-10-24-21(11-14-32-24)22(28)17-31-23-9-8-18(2)15-19(23)3/h8-9,11,14-15,20,22,30H,7,10,12-13,16-17H2,1-6H3/t20-,22+/m0/s1. The molecule has 0 spiro atoms. The van der Waals surface area contributed by atoms with Gasteiger partial charge in [-0.1, -0.05) is 24.6 Å². The zero-order valence-electron chi connectivity index (χ0n) is 20.4. The van der Waals surface area contributed by atoms with Crippen LogP contribution in [-0.2, 0) is 11.2 Å². The second kappa shape index (κ2) is 10.4. The van der Waals surface area contributed by atoms with Crippen LogP contribution in [0.5, 0.6) is 5.75 Å². The number of rotatable bonds is 9. The Morgan fingerprint density at radius 1 is 1.34 bits per heavy atom. The van der Waals surface area contributed by atoms with Crippen molar-refractivity contribution in [3.63, 3.8) is 0 Å². The second-order valence-electron chi connectivity index (χ2n) is 9.53. The van der Waals surface area contributed by atoms with E-state index in [1.165, 1.54) is 16.0 Å². The number of hydrogen-bond acceptors (Lipinski definition) is 5. The summed E-state index contributed by atoms with van der Waals surface area (Å²) in [4.78, 5) is 19.0. The van der Waals surface area contributed by atoms with Crippen LogP contribution >= 0.6 is 11.3 Å². The Morgan fingerprint density at radius 3 is 2.75 bits per heavy atom. The van der Waals surface area contributed by atoms with Crippen molar-refractivity contribution in [2.75, 3.05) is 26.2 Å². The van der Waals surface area contributed by atoms with Crippen molar-refractivity contribution < 1.29 is 14.6 Å². The van der Waals surface area contributed by atoms with Crippen molar-refractivity contribution in [3.8, 4) is 5.75 Å². The summed E-state index contributed by atoms with van der Waals surface area (Å²) in [6.07, 6.45) is 1.81. The molecule has 3 rings (SSSR count). The van der Waals surface area contributed by atoms with Crippen LogP contribution in [0.15, 0.2) is 29.6 Å². The van der Waals surface area contributed by atoms with Crippen LogP contribution in [0.3, 0.4) is 0 Å². The molecule has 2 aromatic rings. The van der Waals surface area contributed by atoms with Crippen molar-refractivity contribution in [1.82, 2.24) is 9.80 Å². The van der Waals surface area contributed by atoms with Gasteiger partial charge in [0.15, 0.2) is 0 Å². The number of ether oxygens (including phenoxy) is 1. The van der Waals surface area contributed by atoms with Crippen LogP contribution in [0, 0.1) is 13.8 Å². The van der Waals surface area contributed by atoms with E-state index in [2.05, 4.69) is 49.3 Å². The SMILES string of the molecule is CCCN(CC(=O)N1CCc2sccc2[C@H]1COc1ccc(C)cc1C)[C@@H](C)C(C)(C)O. The first-order chi connectivity index (χ1) is 15.1. The van der Waals surface area contributed by atoms with Crippen molar-refractivity contribution in [2.24, 2.45) is 0 Å². The van der Waals surface area contributed by atoms with Gasteiger partial charge in [0.05, 0.1) is 18.2 Å². The fourth-order valence-corrected chi connectivity index (χ4v) is 5.34. The van der Waals surface area contributed by atoms with E-state index < -0.39 is 5.60 Å². The van der Waals surface area contributed by atoms with E-state index in [1.807, 2.05) is 31.7 Å². The second-order valence-corrected chi connectivity index (χ2v) is 10.5. The van der Waals surface area contributed by atoms with Crippen molar-refractivity contribution in [1.29, 1.82) is 0 Å². The molecule has 1 aliphatic rings. The van der Waals surface area contributed by atoms with Gasteiger partial charge in [-0.2, -0.15) is 0 Å². The molecule has 1 aromatic heterocycles. The number of aliphatic hydroxyl groups is 1. The molecule has 0 unspecified atom stereocenters. The highest BCUT2D eigenvalue weighted by molar-refractivity contribution is 7.10. The molecule has 1 aromatic carbocycles. The number of benzene rings is 1. The first-order valence-corrected chi connectivity index (χ1v) is 12.5. The van der Waals surface area contributed by atoms with Gasteiger partial charge in [0.1, 0.15) is 12.4 Å². The Balaban J connectivity index is 1.79. The van der Waals surface area contributed by atoms with Gasteiger partial charge in [0.2, 0.25) is 5.91 Å². The monoisotopic (exact) mass is 458 g/mol. The fraction of sp³-hybridized carbons (Fsp3) is 0.577. The highest BCUT2D eigenvalue weighted by Gasteiger charge is 2.35. The molecule has 32 heavy (non-hydrogen) atoms. The highest BCUT2D eigenvalue weighted by Crippen LogP contribution is 2.34. The molecule has 2 atom stereocenters. The lowest BCUT2D eigenvalue weighted by Crippen LogP contribution is -2.53. The zero-order valence-corrected chi connectivity index (χ0v) is 21.2. The minimum absolute atomic E-state index is 0.0978. The van der Waals surface area contributed by atoms with Crippen LogP contribution in [0.25, 0.3) is 0 Å². The van der Waals surface area contributed by atoms with Gasteiger partial charge >= 0.3 is 0 Å². The smallest absolute Gasteiger partial charge is 0.237 e. The lowest BCUT2D eigenvalue weighted by atomic mass is 9.98. The lowest BCUT2D eigenvalue weighted by molar-refractivity contribution is -0.138. The van der Waals surface area contributed by atoms with E-state index in [0.717, 1.165) is 30.7 Å². The lowest BCUT2D eigenvalue weighted by Gasteiger charge is -2.40. The molecule has 1 aliphatic heterocycles. The number of fused-ring (bicyclic) bond motifs is 1. The van der Waals surface area contributed by atoms with E-state index in [9.17, 15) is 9.90 Å². The maximum Gasteiger partial charge on any atom is 0.237 e. The topological polar surface area (TPSA) is 53.0 Å². The van der Waals surface area contributed by atoms with E-state index in [-0.39, 0.29) is 18.0 Å². The van der Waals surface area contributed by atoms with E-state index in [0.29, 0.717) is 19.7 Å². The van der Waals surface area contributed by atoms with Crippen molar-refractivity contribution in [2.45, 2.75) is 72.1 Å². The zero-order chi connectivity index (χ0) is 23.5. The number of nitrogens with zero attached hydrogens (tertiary/aromatic N) is 2. The molecule has 176 valence electrons. The minimum Gasteiger partial charge on any atom is -0.491 e. The van der Waals surface area contributed by atoms with Gasteiger partial charge in [-0.3, -0.25) is 9.69 Å². The predicted molar refractivity (Wildman–Crippen MR) is 132 cm³/mol. The van der Waals surface area contributed by atoms with Gasteiger partial charge < -0.3 is 14.7 Å². The molecule has 2 heterocycles. The van der Waals surface area contributed by atoms with Crippen LogP contribution < -0.4 is 4.74 Å². The number of carbonyl (C=O) groups excluding carboxylic acids is 1. The third-order valence-electron chi connectivity index (χ3n) is 6.56. The molecule has 0 saturated carbocycles. The van der Waals surface area contributed by atoms with Crippen LogP contribution in [0.1, 0.15) is 61.7 Å². The third-order valence-corrected chi connectivity index (χ3v) is 7.56. The van der Waals surface area contributed by atoms with Crippen molar-refractivity contribution >= 4 is 17.2 Å². The summed E-state index contributed by atoms with van der Waals surface area (Å²) in [5.74, 6) is 0.967. The average molecular weight is 459 g/mol. The molecule has 0 bridgehead atoms. The molecular weight excluding hydrogens is 420 g/mol.